The van der Waals surface area contributed by atoms with Gasteiger partial charge in [0, 0.05) is 19.5 Å². The minimum atomic E-state index is 0. The normalized spacial score (nSPS) is 16.2. The van der Waals surface area contributed by atoms with Crippen LogP contribution >= 0.6 is 36.2 Å². The van der Waals surface area contributed by atoms with Crippen LogP contribution in [0.2, 0.25) is 0 Å². The SMILES string of the molecule is CNCC1CCN(C(=O)c2sc(Cc3ccccc3)nc2C)C1.Cl.Cl. The lowest BCUT2D eigenvalue weighted by Crippen LogP contribution is -2.30. The van der Waals surface area contributed by atoms with E-state index < -0.39 is 0 Å². The molecule has 1 atom stereocenters. The molecular formula is C18H25Cl2N3OS. The van der Waals surface area contributed by atoms with Crippen molar-refractivity contribution in [1.82, 2.24) is 15.2 Å². The van der Waals surface area contributed by atoms with E-state index in [4.69, 9.17) is 0 Å². The van der Waals surface area contributed by atoms with Crippen molar-refractivity contribution in [3.8, 4) is 0 Å². The first-order chi connectivity index (χ1) is 11.2. The van der Waals surface area contributed by atoms with E-state index in [1.807, 2.05) is 37.1 Å². The van der Waals surface area contributed by atoms with Crippen molar-refractivity contribution >= 4 is 42.1 Å². The van der Waals surface area contributed by atoms with E-state index in [0.717, 1.165) is 48.1 Å². The number of aromatic nitrogens is 1. The molecule has 1 amide bonds. The molecule has 0 bridgehead atoms. The number of benzene rings is 1. The Hall–Kier alpha value is -1.14. The summed E-state index contributed by atoms with van der Waals surface area (Å²) in [4.78, 5) is 20.2. The summed E-state index contributed by atoms with van der Waals surface area (Å²) in [6, 6.07) is 10.3. The van der Waals surface area contributed by atoms with Gasteiger partial charge in [0.1, 0.15) is 4.88 Å². The molecule has 0 radical (unpaired) electrons. The van der Waals surface area contributed by atoms with Crippen LogP contribution in [0, 0.1) is 12.8 Å². The van der Waals surface area contributed by atoms with E-state index in [1.54, 1.807) is 11.3 Å². The maximum atomic E-state index is 12.8. The molecule has 3 rings (SSSR count). The molecule has 7 heteroatoms. The molecule has 1 aromatic carbocycles. The van der Waals surface area contributed by atoms with Gasteiger partial charge < -0.3 is 10.2 Å². The number of thiazole rings is 1. The van der Waals surface area contributed by atoms with Crippen LogP contribution in [-0.4, -0.2) is 42.5 Å². The molecular weight excluding hydrogens is 377 g/mol. The smallest absolute Gasteiger partial charge is 0.265 e. The zero-order valence-electron chi connectivity index (χ0n) is 14.5. The van der Waals surface area contributed by atoms with Crippen LogP contribution in [0.5, 0.6) is 0 Å². The highest BCUT2D eigenvalue weighted by molar-refractivity contribution is 7.13. The lowest BCUT2D eigenvalue weighted by atomic mass is 10.1. The number of amides is 1. The van der Waals surface area contributed by atoms with Gasteiger partial charge in [0.15, 0.2) is 0 Å². The Morgan fingerprint density at radius 3 is 2.72 bits per heavy atom. The number of aryl methyl sites for hydroxylation is 1. The molecule has 0 aliphatic carbocycles. The highest BCUT2D eigenvalue weighted by atomic mass is 35.5. The third kappa shape index (κ3) is 5.42. The van der Waals surface area contributed by atoms with Crippen molar-refractivity contribution in [3.63, 3.8) is 0 Å². The van der Waals surface area contributed by atoms with Crippen molar-refractivity contribution in [3.05, 3.63) is 51.5 Å². The number of likely N-dealkylation sites (tertiary alicyclic amines) is 1. The van der Waals surface area contributed by atoms with Gasteiger partial charge in [-0.15, -0.1) is 36.2 Å². The number of carbonyl (C=O) groups is 1. The van der Waals surface area contributed by atoms with Crippen molar-refractivity contribution in [2.75, 3.05) is 26.7 Å². The van der Waals surface area contributed by atoms with Crippen molar-refractivity contribution in [2.45, 2.75) is 19.8 Å². The minimum absolute atomic E-state index is 0. The first kappa shape index (κ1) is 21.9. The summed E-state index contributed by atoms with van der Waals surface area (Å²) in [7, 11) is 1.97. The van der Waals surface area contributed by atoms with E-state index in [9.17, 15) is 4.79 Å². The van der Waals surface area contributed by atoms with Gasteiger partial charge in [0.05, 0.1) is 10.7 Å². The lowest BCUT2D eigenvalue weighted by Gasteiger charge is -2.15. The van der Waals surface area contributed by atoms with Crippen LogP contribution in [-0.2, 0) is 6.42 Å². The molecule has 2 aromatic rings. The molecule has 1 aromatic heterocycles. The highest BCUT2D eigenvalue weighted by Crippen LogP contribution is 2.25. The van der Waals surface area contributed by atoms with E-state index in [0.29, 0.717) is 5.92 Å². The van der Waals surface area contributed by atoms with Crippen LogP contribution < -0.4 is 5.32 Å². The Morgan fingerprint density at radius 2 is 2.04 bits per heavy atom. The number of halogens is 2. The number of carbonyl (C=O) groups excluding carboxylic acids is 1. The second-order valence-corrected chi connectivity index (χ2v) is 7.23. The monoisotopic (exact) mass is 401 g/mol. The van der Waals surface area contributed by atoms with Gasteiger partial charge in [-0.05, 0) is 38.4 Å². The molecule has 1 N–H and O–H groups in total. The van der Waals surface area contributed by atoms with Gasteiger partial charge in [-0.25, -0.2) is 4.98 Å². The summed E-state index contributed by atoms with van der Waals surface area (Å²) >= 11 is 1.55. The minimum Gasteiger partial charge on any atom is -0.338 e. The fourth-order valence-corrected chi connectivity index (χ4v) is 4.18. The Kier molecular flexibility index (Phi) is 8.86. The van der Waals surface area contributed by atoms with Crippen LogP contribution in [0.15, 0.2) is 30.3 Å². The molecule has 138 valence electrons. The zero-order valence-corrected chi connectivity index (χ0v) is 17.0. The van der Waals surface area contributed by atoms with Gasteiger partial charge in [-0.2, -0.15) is 0 Å². The summed E-state index contributed by atoms with van der Waals surface area (Å²) in [6.07, 6.45) is 1.88. The Balaban J connectivity index is 0.00000156. The first-order valence-electron chi connectivity index (χ1n) is 8.11. The Labute approximate surface area is 165 Å². The summed E-state index contributed by atoms with van der Waals surface area (Å²) in [5, 5.41) is 4.22. The van der Waals surface area contributed by atoms with Gasteiger partial charge in [0.2, 0.25) is 0 Å². The molecule has 2 heterocycles. The number of hydrogen-bond acceptors (Lipinski definition) is 4. The van der Waals surface area contributed by atoms with Gasteiger partial charge >= 0.3 is 0 Å². The summed E-state index contributed by atoms with van der Waals surface area (Å²) in [5.74, 6) is 0.721. The zero-order chi connectivity index (χ0) is 16.2. The number of hydrogen-bond donors (Lipinski definition) is 1. The lowest BCUT2D eigenvalue weighted by molar-refractivity contribution is 0.0791. The molecule has 4 nitrogen and oxygen atoms in total. The number of nitrogens with zero attached hydrogens (tertiary/aromatic N) is 2. The second kappa shape index (κ2) is 10.1. The molecule has 0 saturated carbocycles. The molecule has 1 saturated heterocycles. The molecule has 1 fully saturated rings. The van der Waals surface area contributed by atoms with Gasteiger partial charge in [0.25, 0.3) is 5.91 Å². The quantitative estimate of drug-likeness (QED) is 0.832. The molecule has 1 unspecified atom stereocenters. The largest absolute Gasteiger partial charge is 0.338 e. The average Bonchev–Trinajstić information content (AvgIpc) is 3.15. The van der Waals surface area contributed by atoms with Crippen molar-refractivity contribution in [2.24, 2.45) is 5.92 Å². The average molecular weight is 402 g/mol. The first-order valence-corrected chi connectivity index (χ1v) is 8.93. The Morgan fingerprint density at radius 1 is 1.32 bits per heavy atom. The van der Waals surface area contributed by atoms with E-state index in [-0.39, 0.29) is 30.7 Å². The standard InChI is InChI=1S/C18H23N3OS.2ClH/c1-13-17(18(22)21-9-8-15(12-21)11-19-2)23-16(20-13)10-14-6-4-3-5-7-14;;/h3-7,15,19H,8-12H2,1-2H3;2*1H. The predicted molar refractivity (Wildman–Crippen MR) is 109 cm³/mol. The third-order valence-corrected chi connectivity index (χ3v) is 5.44. The van der Waals surface area contributed by atoms with Crippen LogP contribution in [0.4, 0.5) is 0 Å². The number of nitrogens with one attached hydrogen (secondary N) is 1. The van der Waals surface area contributed by atoms with Crippen LogP contribution in [0.3, 0.4) is 0 Å². The third-order valence-electron chi connectivity index (χ3n) is 4.30. The maximum absolute atomic E-state index is 12.8. The fraction of sp³-hybridized carbons (Fsp3) is 0.444. The summed E-state index contributed by atoms with van der Waals surface area (Å²) < 4.78 is 0. The highest BCUT2D eigenvalue weighted by Gasteiger charge is 2.28. The maximum Gasteiger partial charge on any atom is 0.265 e. The van der Waals surface area contributed by atoms with E-state index >= 15 is 0 Å². The van der Waals surface area contributed by atoms with E-state index in [1.165, 1.54) is 5.56 Å². The van der Waals surface area contributed by atoms with E-state index in [2.05, 4.69) is 22.4 Å². The predicted octanol–water partition coefficient (Wildman–Crippen LogP) is 3.57. The Bertz CT molecular complexity index is 678. The van der Waals surface area contributed by atoms with Gasteiger partial charge in [-0.3, -0.25) is 4.79 Å². The van der Waals surface area contributed by atoms with Gasteiger partial charge in [-0.1, -0.05) is 30.3 Å². The fourth-order valence-electron chi connectivity index (χ4n) is 3.11. The molecule has 1 aliphatic rings. The molecule has 1 aliphatic heterocycles. The molecule has 25 heavy (non-hydrogen) atoms. The van der Waals surface area contributed by atoms with Crippen LogP contribution in [0.25, 0.3) is 0 Å². The molecule has 0 spiro atoms. The topological polar surface area (TPSA) is 45.2 Å². The second-order valence-electron chi connectivity index (χ2n) is 6.15. The summed E-state index contributed by atoms with van der Waals surface area (Å²) in [6.45, 7) is 4.63. The summed E-state index contributed by atoms with van der Waals surface area (Å²) in [5.41, 5.74) is 2.10. The van der Waals surface area contributed by atoms with Crippen molar-refractivity contribution < 1.29 is 4.79 Å². The van der Waals surface area contributed by atoms with Crippen LogP contribution in [0.1, 0.15) is 32.4 Å². The number of rotatable bonds is 5. The van der Waals surface area contributed by atoms with Crippen molar-refractivity contribution in [1.29, 1.82) is 0 Å².